The molecule has 2 N–H and O–H groups in total. The number of hydrogen-bond acceptors (Lipinski definition) is 10. The lowest BCUT2D eigenvalue weighted by Gasteiger charge is -2.03. The van der Waals surface area contributed by atoms with Gasteiger partial charge in [0.05, 0.1) is 17.7 Å². The molecule has 0 radical (unpaired) electrons. The number of nitrogen functional groups attached to an aromatic ring is 1. The minimum atomic E-state index is -0.503. The Hall–Kier alpha value is -2.69. The third-order valence-electron chi connectivity index (χ3n) is 3.19. The van der Waals surface area contributed by atoms with Crippen LogP contribution in [0, 0.1) is 6.92 Å². The first-order valence-electron chi connectivity index (χ1n) is 7.09. The lowest BCUT2D eigenvalue weighted by Crippen LogP contribution is -2.07. The topological polar surface area (TPSA) is 135 Å². The highest BCUT2D eigenvalue weighted by atomic mass is 32.2. The predicted octanol–water partition coefficient (Wildman–Crippen LogP) is 1.11. The van der Waals surface area contributed by atoms with Crippen molar-refractivity contribution < 1.29 is 13.9 Å². The number of carbonyl (C=O) groups excluding carboxylic acids is 1. The summed E-state index contributed by atoms with van der Waals surface area (Å²) in [5, 5.41) is 12.2. The summed E-state index contributed by atoms with van der Waals surface area (Å²) in [7, 11) is 1.74. The molecule has 0 saturated carbocycles. The third-order valence-corrected chi connectivity index (χ3v) is 4.20. The summed E-state index contributed by atoms with van der Waals surface area (Å²) in [5.41, 5.74) is 6.53. The van der Waals surface area contributed by atoms with Crippen LogP contribution in [0.2, 0.25) is 0 Å². The van der Waals surface area contributed by atoms with Gasteiger partial charge in [-0.3, -0.25) is 0 Å². The van der Waals surface area contributed by atoms with Gasteiger partial charge in [-0.2, -0.15) is 4.98 Å². The van der Waals surface area contributed by atoms with Crippen LogP contribution in [0.4, 0.5) is 5.82 Å². The molecule has 0 aromatic carbocycles. The van der Waals surface area contributed by atoms with E-state index >= 15 is 0 Å². The van der Waals surface area contributed by atoms with E-state index < -0.39 is 5.97 Å². The number of furan rings is 1. The molecule has 3 aromatic rings. The van der Waals surface area contributed by atoms with E-state index in [2.05, 4.69) is 25.5 Å². The number of thioether (sulfide) groups is 1. The number of aryl methyl sites for hydroxylation is 2. The van der Waals surface area contributed by atoms with Gasteiger partial charge in [0.2, 0.25) is 10.9 Å². The van der Waals surface area contributed by atoms with E-state index in [9.17, 15) is 4.79 Å². The van der Waals surface area contributed by atoms with E-state index in [0.717, 1.165) is 0 Å². The van der Waals surface area contributed by atoms with Crippen molar-refractivity contribution in [3.8, 4) is 0 Å². The molecule has 0 aliphatic carbocycles. The number of ether oxygens (including phenoxy) is 1. The number of aromatic nitrogens is 6. The summed E-state index contributed by atoms with van der Waals surface area (Å²) in [6.07, 6.45) is 0. The minimum absolute atomic E-state index is 0.173. The number of fused-ring (bicyclic) bond motifs is 1. The van der Waals surface area contributed by atoms with E-state index in [-0.39, 0.29) is 23.7 Å². The van der Waals surface area contributed by atoms with Gasteiger partial charge in [-0.05, 0) is 24.3 Å². The number of esters is 1. The summed E-state index contributed by atoms with van der Waals surface area (Å²) in [5.74, 6) is 0.926. The summed E-state index contributed by atoms with van der Waals surface area (Å²) < 4.78 is 12.1. The zero-order valence-electron chi connectivity index (χ0n) is 13.3. The molecule has 0 spiro atoms. The Morgan fingerprint density at radius 1 is 1.42 bits per heavy atom. The van der Waals surface area contributed by atoms with Crippen molar-refractivity contribution in [3.63, 3.8) is 0 Å². The van der Waals surface area contributed by atoms with Gasteiger partial charge in [0.1, 0.15) is 23.0 Å². The normalized spacial score (nSPS) is 11.1. The van der Waals surface area contributed by atoms with Crippen molar-refractivity contribution in [2.24, 2.45) is 7.05 Å². The molecule has 0 amide bonds. The number of hydrogen-bond donors (Lipinski definition) is 1. The van der Waals surface area contributed by atoms with Crippen LogP contribution in [0.3, 0.4) is 0 Å². The maximum Gasteiger partial charge on any atom is 0.342 e. The van der Waals surface area contributed by atoms with Crippen LogP contribution in [-0.4, -0.2) is 42.8 Å². The van der Waals surface area contributed by atoms with E-state index in [0.29, 0.717) is 27.9 Å². The average Bonchev–Trinajstić information content (AvgIpc) is 3.08. The molecule has 126 valence electrons. The molecule has 0 unspecified atom stereocenters. The van der Waals surface area contributed by atoms with Gasteiger partial charge in [-0.1, -0.05) is 11.8 Å². The Morgan fingerprint density at radius 2 is 2.21 bits per heavy atom. The Labute approximate surface area is 140 Å². The lowest BCUT2D eigenvalue weighted by molar-refractivity contribution is 0.0526. The first-order valence-corrected chi connectivity index (χ1v) is 8.07. The fraction of sp³-hybridized carbons (Fsp3) is 0.385. The second kappa shape index (κ2) is 6.43. The monoisotopic (exact) mass is 349 g/mol. The summed E-state index contributed by atoms with van der Waals surface area (Å²) >= 11 is 1.36. The van der Waals surface area contributed by atoms with Crippen LogP contribution >= 0.6 is 11.8 Å². The summed E-state index contributed by atoms with van der Waals surface area (Å²) in [4.78, 5) is 20.6. The number of nitrogens with two attached hydrogens (primary N) is 1. The van der Waals surface area contributed by atoms with Crippen LogP contribution in [-0.2, 0) is 17.5 Å². The molecule has 3 aromatic heterocycles. The molecule has 10 nitrogen and oxygen atoms in total. The van der Waals surface area contributed by atoms with Gasteiger partial charge in [0, 0.05) is 7.05 Å². The number of rotatable bonds is 5. The largest absolute Gasteiger partial charge is 0.462 e. The van der Waals surface area contributed by atoms with Crippen molar-refractivity contribution in [1.29, 1.82) is 0 Å². The predicted molar refractivity (Wildman–Crippen MR) is 85.3 cm³/mol. The molecule has 0 bridgehead atoms. The van der Waals surface area contributed by atoms with Crippen LogP contribution < -0.4 is 5.73 Å². The van der Waals surface area contributed by atoms with Crippen LogP contribution in [0.15, 0.2) is 9.57 Å². The van der Waals surface area contributed by atoms with Crippen molar-refractivity contribution in [2.45, 2.75) is 24.8 Å². The Balaban J connectivity index is 1.93. The number of anilines is 1. The maximum atomic E-state index is 12.1. The molecule has 0 atom stereocenters. The highest BCUT2D eigenvalue weighted by molar-refractivity contribution is 7.98. The molecule has 3 rings (SSSR count). The molecular formula is C13H15N7O3S. The molecule has 0 saturated heterocycles. The van der Waals surface area contributed by atoms with Crippen molar-refractivity contribution in [2.75, 3.05) is 12.3 Å². The maximum absolute atomic E-state index is 12.1. The number of tetrazole rings is 1. The quantitative estimate of drug-likeness (QED) is 0.527. The van der Waals surface area contributed by atoms with Gasteiger partial charge in [0.25, 0.3) is 0 Å². The van der Waals surface area contributed by atoms with Gasteiger partial charge in [0.15, 0.2) is 0 Å². The van der Waals surface area contributed by atoms with Gasteiger partial charge in [-0.15, -0.1) is 5.10 Å². The van der Waals surface area contributed by atoms with E-state index in [1.54, 1.807) is 25.6 Å². The zero-order valence-corrected chi connectivity index (χ0v) is 14.1. The average molecular weight is 349 g/mol. The highest BCUT2D eigenvalue weighted by Gasteiger charge is 2.24. The minimum Gasteiger partial charge on any atom is -0.462 e. The standard InChI is InChI=1S/C13H15N7O3S/c1-4-22-12(21)8-6(2)23-11-9(8)10(14)15-7(16-11)5-24-13-17-18-19-20(13)3/h4-5H2,1-3H3,(H2,14,15,16). The Kier molecular flexibility index (Phi) is 4.34. The van der Waals surface area contributed by atoms with Crippen molar-refractivity contribution in [1.82, 2.24) is 30.2 Å². The zero-order chi connectivity index (χ0) is 17.3. The van der Waals surface area contributed by atoms with E-state index in [1.165, 1.54) is 11.8 Å². The smallest absolute Gasteiger partial charge is 0.342 e. The Bertz CT molecular complexity index is 904. The third kappa shape index (κ3) is 2.89. The van der Waals surface area contributed by atoms with Crippen LogP contribution in [0.1, 0.15) is 28.9 Å². The molecule has 11 heteroatoms. The fourth-order valence-corrected chi connectivity index (χ4v) is 2.87. The fourth-order valence-electron chi connectivity index (χ4n) is 2.17. The number of nitrogens with zero attached hydrogens (tertiary/aromatic N) is 6. The van der Waals surface area contributed by atoms with Gasteiger partial charge in [-0.25, -0.2) is 14.5 Å². The molecule has 24 heavy (non-hydrogen) atoms. The lowest BCUT2D eigenvalue weighted by atomic mass is 10.2. The van der Waals surface area contributed by atoms with E-state index in [1.807, 2.05) is 0 Å². The van der Waals surface area contributed by atoms with Gasteiger partial charge >= 0.3 is 5.97 Å². The van der Waals surface area contributed by atoms with Crippen molar-refractivity contribution >= 4 is 34.6 Å². The highest BCUT2D eigenvalue weighted by Crippen LogP contribution is 2.30. The summed E-state index contributed by atoms with van der Waals surface area (Å²) in [6.45, 7) is 3.64. The number of carbonyl (C=O) groups is 1. The molecular weight excluding hydrogens is 334 g/mol. The van der Waals surface area contributed by atoms with Gasteiger partial charge < -0.3 is 14.9 Å². The van der Waals surface area contributed by atoms with E-state index in [4.69, 9.17) is 14.9 Å². The molecule has 0 fully saturated rings. The molecule has 0 aliphatic rings. The first-order chi connectivity index (χ1) is 11.5. The SMILES string of the molecule is CCOC(=O)c1c(C)oc2nc(CSc3nnnn3C)nc(N)c12. The molecule has 0 aliphatic heterocycles. The second-order valence-electron chi connectivity index (χ2n) is 4.83. The second-order valence-corrected chi connectivity index (χ2v) is 5.78. The Morgan fingerprint density at radius 3 is 2.88 bits per heavy atom. The molecule has 3 heterocycles. The van der Waals surface area contributed by atoms with Crippen LogP contribution in [0.25, 0.3) is 11.1 Å². The van der Waals surface area contributed by atoms with Crippen molar-refractivity contribution in [3.05, 3.63) is 17.1 Å². The first kappa shape index (κ1) is 16.2. The summed E-state index contributed by atoms with van der Waals surface area (Å²) in [6, 6.07) is 0. The van der Waals surface area contributed by atoms with Crippen LogP contribution in [0.5, 0.6) is 0 Å².